The molecular weight excluding hydrogens is 166 g/mol. The van der Waals surface area contributed by atoms with Crippen LogP contribution in [-0.2, 0) is 0 Å². The van der Waals surface area contributed by atoms with E-state index in [9.17, 15) is 4.79 Å². The van der Waals surface area contributed by atoms with Crippen molar-refractivity contribution in [3.05, 3.63) is 40.8 Å². The number of anilines is 1. The van der Waals surface area contributed by atoms with Crippen LogP contribution < -0.4 is 10.9 Å². The number of nitrogens with one attached hydrogen (secondary N) is 1. The summed E-state index contributed by atoms with van der Waals surface area (Å²) in [6.45, 7) is 0. The SMILES string of the molecule is CNc1cc(=O)n2ccccc2n1. The standard InChI is InChI=1S/C9H9N3O/c1-10-7-6-9(13)12-5-3-2-4-8(12)11-7/h2-6,10H,1H3. The quantitative estimate of drug-likeness (QED) is 0.695. The number of hydrogen-bond acceptors (Lipinski definition) is 3. The van der Waals surface area contributed by atoms with Crippen molar-refractivity contribution in [3.8, 4) is 0 Å². The molecule has 0 spiro atoms. The second-order valence-electron chi connectivity index (χ2n) is 2.66. The number of fused-ring (bicyclic) bond motifs is 1. The van der Waals surface area contributed by atoms with Crippen LogP contribution in [-0.4, -0.2) is 16.4 Å². The lowest BCUT2D eigenvalue weighted by Crippen LogP contribution is -2.14. The molecule has 2 aromatic rings. The third-order valence-corrected chi connectivity index (χ3v) is 1.83. The lowest BCUT2D eigenvalue weighted by Gasteiger charge is -2.01. The first kappa shape index (κ1) is 7.79. The highest BCUT2D eigenvalue weighted by atomic mass is 16.1. The van der Waals surface area contributed by atoms with Crippen LogP contribution in [0.3, 0.4) is 0 Å². The van der Waals surface area contributed by atoms with Gasteiger partial charge in [-0.1, -0.05) is 6.07 Å². The van der Waals surface area contributed by atoms with E-state index in [1.165, 1.54) is 10.5 Å². The fourth-order valence-electron chi connectivity index (χ4n) is 1.18. The summed E-state index contributed by atoms with van der Waals surface area (Å²) in [7, 11) is 1.74. The van der Waals surface area contributed by atoms with Gasteiger partial charge in [0.1, 0.15) is 11.5 Å². The van der Waals surface area contributed by atoms with Crippen LogP contribution in [0, 0.1) is 0 Å². The van der Waals surface area contributed by atoms with Crippen molar-refractivity contribution in [2.75, 3.05) is 12.4 Å². The van der Waals surface area contributed by atoms with E-state index >= 15 is 0 Å². The Morgan fingerprint density at radius 1 is 1.46 bits per heavy atom. The van der Waals surface area contributed by atoms with E-state index in [1.807, 2.05) is 6.07 Å². The molecule has 0 atom stereocenters. The van der Waals surface area contributed by atoms with Gasteiger partial charge in [-0.15, -0.1) is 0 Å². The molecule has 0 aliphatic heterocycles. The molecule has 0 aromatic carbocycles. The zero-order chi connectivity index (χ0) is 9.26. The third kappa shape index (κ3) is 1.26. The number of hydrogen-bond donors (Lipinski definition) is 1. The number of pyridine rings is 1. The maximum absolute atomic E-state index is 11.4. The zero-order valence-electron chi connectivity index (χ0n) is 7.19. The van der Waals surface area contributed by atoms with Crippen LogP contribution >= 0.6 is 0 Å². The average Bonchev–Trinajstić information content (AvgIpc) is 2.18. The van der Waals surface area contributed by atoms with Crippen molar-refractivity contribution >= 4 is 11.5 Å². The Morgan fingerprint density at radius 3 is 3.08 bits per heavy atom. The van der Waals surface area contributed by atoms with Crippen molar-refractivity contribution in [2.24, 2.45) is 0 Å². The molecule has 2 heterocycles. The summed E-state index contributed by atoms with van der Waals surface area (Å²) in [6.07, 6.45) is 1.70. The molecule has 0 unspecified atom stereocenters. The third-order valence-electron chi connectivity index (χ3n) is 1.83. The van der Waals surface area contributed by atoms with Crippen LogP contribution in [0.4, 0.5) is 5.82 Å². The summed E-state index contributed by atoms with van der Waals surface area (Å²) < 4.78 is 1.50. The average molecular weight is 175 g/mol. The molecule has 0 bridgehead atoms. The summed E-state index contributed by atoms with van der Waals surface area (Å²) in [5, 5.41) is 2.84. The maximum atomic E-state index is 11.4. The van der Waals surface area contributed by atoms with Crippen LogP contribution in [0.2, 0.25) is 0 Å². The Balaban J connectivity index is 2.85. The van der Waals surface area contributed by atoms with Crippen LogP contribution in [0.15, 0.2) is 35.3 Å². The van der Waals surface area contributed by atoms with Gasteiger partial charge >= 0.3 is 0 Å². The molecular formula is C9H9N3O. The molecule has 4 nitrogen and oxygen atoms in total. The van der Waals surface area contributed by atoms with Crippen LogP contribution in [0.25, 0.3) is 5.65 Å². The van der Waals surface area contributed by atoms with Gasteiger partial charge in [0.25, 0.3) is 5.56 Å². The molecule has 2 rings (SSSR count). The van der Waals surface area contributed by atoms with Gasteiger partial charge in [-0.3, -0.25) is 9.20 Å². The summed E-state index contributed by atoms with van der Waals surface area (Å²) in [5.41, 5.74) is 0.578. The predicted octanol–water partition coefficient (Wildman–Crippen LogP) is 0.736. The van der Waals surface area contributed by atoms with E-state index in [4.69, 9.17) is 0 Å². The van der Waals surface area contributed by atoms with Gasteiger partial charge in [0.05, 0.1) is 0 Å². The van der Waals surface area contributed by atoms with E-state index in [1.54, 1.807) is 25.4 Å². The van der Waals surface area contributed by atoms with Crippen LogP contribution in [0.5, 0.6) is 0 Å². The second kappa shape index (κ2) is 2.90. The molecule has 0 aliphatic rings. The Morgan fingerprint density at radius 2 is 2.31 bits per heavy atom. The van der Waals surface area contributed by atoms with Crippen molar-refractivity contribution < 1.29 is 0 Å². The fraction of sp³-hybridized carbons (Fsp3) is 0.111. The van der Waals surface area contributed by atoms with E-state index in [0.29, 0.717) is 11.5 Å². The molecule has 0 aliphatic carbocycles. The van der Waals surface area contributed by atoms with Gasteiger partial charge in [-0.05, 0) is 12.1 Å². The number of nitrogens with zero attached hydrogens (tertiary/aromatic N) is 2. The molecule has 0 saturated carbocycles. The first-order chi connectivity index (χ1) is 6.31. The Labute approximate surface area is 74.9 Å². The van der Waals surface area contributed by atoms with Gasteiger partial charge < -0.3 is 5.32 Å². The lowest BCUT2D eigenvalue weighted by molar-refractivity contribution is 1.04. The van der Waals surface area contributed by atoms with Gasteiger partial charge in [-0.2, -0.15) is 0 Å². The Bertz CT molecular complexity index is 489. The first-order valence-electron chi connectivity index (χ1n) is 3.97. The second-order valence-corrected chi connectivity index (χ2v) is 2.66. The summed E-state index contributed by atoms with van der Waals surface area (Å²) in [5.74, 6) is 0.594. The molecule has 1 N–H and O–H groups in total. The van der Waals surface area contributed by atoms with Gasteiger partial charge in [0, 0.05) is 19.3 Å². The smallest absolute Gasteiger partial charge is 0.259 e. The molecule has 2 aromatic heterocycles. The van der Waals surface area contributed by atoms with Crippen molar-refractivity contribution in [2.45, 2.75) is 0 Å². The topological polar surface area (TPSA) is 46.4 Å². The summed E-state index contributed by atoms with van der Waals surface area (Å²) >= 11 is 0. The van der Waals surface area contributed by atoms with Crippen molar-refractivity contribution in [1.29, 1.82) is 0 Å². The number of rotatable bonds is 1. The molecule has 0 amide bonds. The minimum atomic E-state index is -0.0741. The normalized spacial score (nSPS) is 10.2. The van der Waals surface area contributed by atoms with Crippen LogP contribution in [0.1, 0.15) is 0 Å². The molecule has 13 heavy (non-hydrogen) atoms. The highest BCUT2D eigenvalue weighted by Gasteiger charge is 1.97. The summed E-state index contributed by atoms with van der Waals surface area (Å²) in [4.78, 5) is 15.6. The minimum Gasteiger partial charge on any atom is -0.373 e. The Kier molecular flexibility index (Phi) is 1.73. The first-order valence-corrected chi connectivity index (χ1v) is 3.97. The maximum Gasteiger partial charge on any atom is 0.259 e. The highest BCUT2D eigenvalue weighted by Crippen LogP contribution is 2.01. The molecule has 0 saturated heterocycles. The lowest BCUT2D eigenvalue weighted by atomic mass is 10.4. The minimum absolute atomic E-state index is 0.0741. The van der Waals surface area contributed by atoms with E-state index in [2.05, 4.69) is 10.3 Å². The molecule has 0 radical (unpaired) electrons. The fourth-order valence-corrected chi connectivity index (χ4v) is 1.18. The van der Waals surface area contributed by atoms with E-state index in [0.717, 1.165) is 0 Å². The molecule has 4 heteroatoms. The Hall–Kier alpha value is -1.84. The van der Waals surface area contributed by atoms with Gasteiger partial charge in [0.2, 0.25) is 0 Å². The van der Waals surface area contributed by atoms with Gasteiger partial charge in [-0.25, -0.2) is 4.98 Å². The molecule has 0 fully saturated rings. The van der Waals surface area contributed by atoms with E-state index in [-0.39, 0.29) is 5.56 Å². The highest BCUT2D eigenvalue weighted by molar-refractivity contribution is 5.45. The largest absolute Gasteiger partial charge is 0.373 e. The van der Waals surface area contributed by atoms with E-state index < -0.39 is 0 Å². The van der Waals surface area contributed by atoms with Crippen molar-refractivity contribution in [3.63, 3.8) is 0 Å². The van der Waals surface area contributed by atoms with Gasteiger partial charge in [0.15, 0.2) is 0 Å². The summed E-state index contributed by atoms with van der Waals surface area (Å²) in [6, 6.07) is 6.91. The monoisotopic (exact) mass is 175 g/mol. The predicted molar refractivity (Wildman–Crippen MR) is 51.0 cm³/mol. The number of aromatic nitrogens is 2. The van der Waals surface area contributed by atoms with Crippen molar-refractivity contribution in [1.82, 2.24) is 9.38 Å². The molecule has 66 valence electrons. The zero-order valence-corrected chi connectivity index (χ0v) is 7.19.